The first kappa shape index (κ1) is 39.3. The van der Waals surface area contributed by atoms with Crippen LogP contribution < -0.4 is 10.6 Å². The summed E-state index contributed by atoms with van der Waals surface area (Å²) in [5, 5.41) is 15.2. The first-order valence-electron chi connectivity index (χ1n) is 16.5. The van der Waals surface area contributed by atoms with E-state index in [9.17, 15) is 24.0 Å². The Morgan fingerprint density at radius 1 is 0.878 bits per heavy atom. The minimum absolute atomic E-state index is 0.0775. The van der Waals surface area contributed by atoms with Crippen molar-refractivity contribution in [1.29, 1.82) is 5.26 Å². The Morgan fingerprint density at radius 2 is 1.47 bits per heavy atom. The highest BCUT2D eigenvalue weighted by Gasteiger charge is 2.35. The zero-order valence-electron chi connectivity index (χ0n) is 28.1. The molecule has 0 radical (unpaired) electrons. The Morgan fingerprint density at radius 3 is 2.04 bits per heavy atom. The molecule has 49 heavy (non-hydrogen) atoms. The molecule has 12 nitrogen and oxygen atoms in total. The highest BCUT2D eigenvalue weighted by atomic mass is 19.1. The zero-order valence-corrected chi connectivity index (χ0v) is 28.1. The highest BCUT2D eigenvalue weighted by molar-refractivity contribution is 6.02. The van der Waals surface area contributed by atoms with Gasteiger partial charge in [0.25, 0.3) is 5.91 Å². The van der Waals surface area contributed by atoms with Crippen molar-refractivity contribution in [3.63, 3.8) is 0 Å². The third kappa shape index (κ3) is 15.3. The number of halogens is 1. The van der Waals surface area contributed by atoms with Gasteiger partial charge in [-0.2, -0.15) is 5.26 Å². The third-order valence-corrected chi connectivity index (χ3v) is 7.66. The van der Waals surface area contributed by atoms with Gasteiger partial charge >= 0.3 is 0 Å². The lowest BCUT2D eigenvalue weighted by molar-refractivity contribution is -0.133. The number of aryl methyl sites for hydroxylation is 1. The van der Waals surface area contributed by atoms with Crippen molar-refractivity contribution in [1.82, 2.24) is 15.5 Å². The molecule has 2 atom stereocenters. The van der Waals surface area contributed by atoms with Crippen LogP contribution in [0.4, 0.5) is 4.39 Å². The van der Waals surface area contributed by atoms with E-state index >= 15 is 0 Å². The quantitative estimate of drug-likeness (QED) is 0.0781. The van der Waals surface area contributed by atoms with Gasteiger partial charge in [0.2, 0.25) is 12.3 Å². The van der Waals surface area contributed by atoms with Gasteiger partial charge in [0.15, 0.2) is 0 Å². The smallest absolute Gasteiger partial charge is 0.264 e. The summed E-state index contributed by atoms with van der Waals surface area (Å²) >= 11 is 0. The molecule has 2 aromatic rings. The van der Waals surface area contributed by atoms with Crippen molar-refractivity contribution < 1.29 is 42.5 Å². The molecule has 1 aliphatic rings. The molecule has 0 aromatic heterocycles. The minimum atomic E-state index is -0.479. The Labute approximate surface area is 287 Å². The normalized spacial score (nSPS) is 16.2. The van der Waals surface area contributed by atoms with Gasteiger partial charge in [-0.15, -0.1) is 0 Å². The lowest BCUT2D eigenvalue weighted by Crippen LogP contribution is -2.48. The maximum absolute atomic E-state index is 13.5. The molecule has 13 heteroatoms. The molecule has 1 aliphatic heterocycles. The van der Waals surface area contributed by atoms with Gasteiger partial charge < -0.3 is 39.2 Å². The molecule has 0 bridgehead atoms. The predicted molar refractivity (Wildman–Crippen MR) is 180 cm³/mol. The number of rotatable bonds is 23. The maximum atomic E-state index is 13.5. The van der Waals surface area contributed by atoms with Crippen LogP contribution in [0.1, 0.15) is 29.0 Å². The second-order valence-corrected chi connectivity index (χ2v) is 11.4. The van der Waals surface area contributed by atoms with E-state index in [-0.39, 0.29) is 23.9 Å². The van der Waals surface area contributed by atoms with E-state index in [4.69, 9.17) is 23.7 Å². The SMILES string of the molecule is Cc1cccc(C2CC(C(=O)NCCOCCOCCOCCOCCOCCNC=O)CN(C(=O)/C(C#N)=C/c3ccc(F)cc3)C2)c1. The van der Waals surface area contributed by atoms with E-state index in [0.29, 0.717) is 104 Å². The predicted octanol–water partition coefficient (Wildman–Crippen LogP) is 2.62. The van der Waals surface area contributed by atoms with Crippen LogP contribution in [-0.2, 0) is 38.1 Å². The van der Waals surface area contributed by atoms with Crippen molar-refractivity contribution in [3.05, 3.63) is 76.6 Å². The van der Waals surface area contributed by atoms with Gasteiger partial charge in [-0.3, -0.25) is 14.4 Å². The largest absolute Gasteiger partial charge is 0.377 e. The summed E-state index contributed by atoms with van der Waals surface area (Å²) in [6.45, 7) is 7.43. The number of hydrogen-bond acceptors (Lipinski definition) is 9. The Kier molecular flexibility index (Phi) is 18.6. The lowest BCUT2D eigenvalue weighted by Gasteiger charge is -2.37. The number of likely N-dealkylation sites (tertiary alicyclic amines) is 1. The summed E-state index contributed by atoms with van der Waals surface area (Å²) in [5.41, 5.74) is 2.57. The molecule has 0 spiro atoms. The molecule has 2 unspecified atom stereocenters. The van der Waals surface area contributed by atoms with Crippen LogP contribution in [0.3, 0.4) is 0 Å². The number of ether oxygens (including phenoxy) is 5. The Hall–Kier alpha value is -4.19. The first-order chi connectivity index (χ1) is 23.9. The second-order valence-electron chi connectivity index (χ2n) is 11.4. The van der Waals surface area contributed by atoms with E-state index in [1.807, 2.05) is 31.2 Å². The molecule has 3 amide bonds. The van der Waals surface area contributed by atoms with Crippen LogP contribution in [0.2, 0.25) is 0 Å². The summed E-state index contributed by atoms with van der Waals surface area (Å²) in [6.07, 6.45) is 2.63. The van der Waals surface area contributed by atoms with Crippen LogP contribution in [0.25, 0.3) is 6.08 Å². The number of carbonyl (C=O) groups is 3. The summed E-state index contributed by atoms with van der Waals surface area (Å²) < 4.78 is 40.6. The van der Waals surface area contributed by atoms with E-state index in [2.05, 4.69) is 16.7 Å². The fourth-order valence-corrected chi connectivity index (χ4v) is 5.22. The third-order valence-electron chi connectivity index (χ3n) is 7.66. The first-order valence-corrected chi connectivity index (χ1v) is 16.5. The molecule has 1 saturated heterocycles. The number of benzene rings is 2. The molecule has 1 heterocycles. The van der Waals surface area contributed by atoms with Crippen LogP contribution >= 0.6 is 0 Å². The van der Waals surface area contributed by atoms with E-state index in [1.165, 1.54) is 30.3 Å². The second kappa shape index (κ2) is 23.2. The van der Waals surface area contributed by atoms with Crippen molar-refractivity contribution in [2.24, 2.45) is 5.92 Å². The summed E-state index contributed by atoms with van der Waals surface area (Å²) in [7, 11) is 0. The van der Waals surface area contributed by atoms with Crippen LogP contribution in [0.15, 0.2) is 54.1 Å². The Balaban J connectivity index is 1.35. The summed E-state index contributed by atoms with van der Waals surface area (Å²) in [6, 6.07) is 15.5. The number of carbonyl (C=O) groups excluding carboxylic acids is 3. The molecular weight excluding hydrogens is 635 g/mol. The van der Waals surface area contributed by atoms with Crippen LogP contribution in [0, 0.1) is 30.0 Å². The fourth-order valence-electron chi connectivity index (χ4n) is 5.22. The number of nitrogens with zero attached hydrogens (tertiary/aromatic N) is 2. The molecular formula is C36H47FN4O8. The monoisotopic (exact) mass is 682 g/mol. The number of amides is 3. The summed E-state index contributed by atoms with van der Waals surface area (Å²) in [4.78, 5) is 38.5. The van der Waals surface area contributed by atoms with E-state index < -0.39 is 17.6 Å². The van der Waals surface area contributed by atoms with Gasteiger partial charge in [0.1, 0.15) is 17.5 Å². The molecule has 0 aliphatic carbocycles. The van der Waals surface area contributed by atoms with Crippen LogP contribution in [0.5, 0.6) is 0 Å². The van der Waals surface area contributed by atoms with Gasteiger partial charge in [-0.1, -0.05) is 42.0 Å². The Bertz CT molecular complexity index is 1370. The minimum Gasteiger partial charge on any atom is -0.377 e. The number of hydrogen-bond donors (Lipinski definition) is 2. The standard InChI is InChI=1S/C36H47FN4O8/c1-28-3-2-4-30(21-28)32-23-33(26-41(25-32)36(44)31(24-38)22-29-5-7-34(37)8-6-29)35(43)40-10-12-46-14-16-48-18-20-49-19-17-47-15-13-45-11-9-39-27-42/h2-8,21-22,27,32-33H,9-20,23,25-26H2,1H3,(H,39,42)(H,40,43)/b31-22+. The number of nitrogens with one attached hydrogen (secondary N) is 2. The van der Waals surface area contributed by atoms with Gasteiger partial charge in [0.05, 0.1) is 72.0 Å². The number of piperidine rings is 1. The van der Waals surface area contributed by atoms with E-state index in [1.54, 1.807) is 4.90 Å². The maximum Gasteiger partial charge on any atom is 0.264 e. The molecule has 0 saturated carbocycles. The molecule has 2 aromatic carbocycles. The van der Waals surface area contributed by atoms with Crippen molar-refractivity contribution in [3.8, 4) is 6.07 Å². The van der Waals surface area contributed by atoms with Gasteiger partial charge in [-0.05, 0) is 42.7 Å². The lowest BCUT2D eigenvalue weighted by atomic mass is 9.83. The molecule has 2 N–H and O–H groups in total. The van der Waals surface area contributed by atoms with Gasteiger partial charge in [-0.25, -0.2) is 4.39 Å². The van der Waals surface area contributed by atoms with Gasteiger partial charge in [0, 0.05) is 32.1 Å². The van der Waals surface area contributed by atoms with Crippen molar-refractivity contribution >= 4 is 24.3 Å². The van der Waals surface area contributed by atoms with Crippen LogP contribution in [-0.4, -0.2) is 115 Å². The highest BCUT2D eigenvalue weighted by Crippen LogP contribution is 2.32. The van der Waals surface area contributed by atoms with Crippen molar-refractivity contribution in [2.75, 3.05) is 92.2 Å². The average Bonchev–Trinajstić information content (AvgIpc) is 3.11. The average molecular weight is 683 g/mol. The molecule has 266 valence electrons. The fraction of sp³-hybridized carbons (Fsp3) is 0.500. The molecule has 1 fully saturated rings. The van der Waals surface area contributed by atoms with E-state index in [0.717, 1.165) is 11.1 Å². The van der Waals surface area contributed by atoms with Crippen molar-refractivity contribution in [2.45, 2.75) is 19.3 Å². The summed E-state index contributed by atoms with van der Waals surface area (Å²) in [5.74, 6) is -1.63. The number of nitriles is 1. The molecule has 3 rings (SSSR count). The zero-order chi connectivity index (χ0) is 35.1. The topological polar surface area (TPSA) is 148 Å².